The van der Waals surface area contributed by atoms with Crippen LogP contribution in [0, 0.1) is 0 Å². The molecule has 5 rings (SSSR count). The third-order valence-electron chi connectivity index (χ3n) is 5.65. The van der Waals surface area contributed by atoms with Crippen molar-refractivity contribution in [2.24, 2.45) is 0 Å². The molecule has 2 atom stereocenters. The van der Waals surface area contributed by atoms with Crippen LogP contribution in [0.3, 0.4) is 0 Å². The Bertz CT molecular complexity index is 1400. The highest BCUT2D eigenvalue weighted by Gasteiger charge is 2.43. The molecule has 5 nitrogen and oxygen atoms in total. The average Bonchev–Trinajstić information content (AvgIpc) is 3.07. The van der Waals surface area contributed by atoms with Gasteiger partial charge in [-0.2, -0.15) is 0 Å². The lowest BCUT2D eigenvalue weighted by Crippen LogP contribution is -2.33. The molecule has 0 spiro atoms. The number of carbonyl (C=O) groups is 1. The number of amides is 1. The van der Waals surface area contributed by atoms with Gasteiger partial charge in [0.05, 0.1) is 29.6 Å². The van der Waals surface area contributed by atoms with Gasteiger partial charge in [-0.05, 0) is 41.5 Å². The molecule has 160 valence electrons. The predicted molar refractivity (Wildman–Crippen MR) is 123 cm³/mol. The Morgan fingerprint density at radius 2 is 1.69 bits per heavy atom. The van der Waals surface area contributed by atoms with E-state index in [9.17, 15) is 14.7 Å². The molecule has 0 aliphatic carbocycles. The van der Waals surface area contributed by atoms with E-state index >= 15 is 0 Å². The number of rotatable bonds is 4. The van der Waals surface area contributed by atoms with Crippen molar-refractivity contribution >= 4 is 40.1 Å². The number of benzene rings is 3. The highest BCUT2D eigenvalue weighted by atomic mass is 35.5. The molecule has 3 aromatic carbocycles. The van der Waals surface area contributed by atoms with E-state index in [0.29, 0.717) is 26.6 Å². The number of hydrogen-bond acceptors (Lipinski definition) is 4. The Labute approximate surface area is 193 Å². The van der Waals surface area contributed by atoms with Crippen LogP contribution < -0.4 is 5.43 Å². The first-order valence-electron chi connectivity index (χ1n) is 10.00. The zero-order valence-corrected chi connectivity index (χ0v) is 18.2. The maximum absolute atomic E-state index is 13.5. The van der Waals surface area contributed by atoms with Crippen LogP contribution in [-0.4, -0.2) is 22.5 Å². The molecule has 1 N–H and O–H groups in total. The Hall–Kier alpha value is -3.12. The van der Waals surface area contributed by atoms with E-state index in [1.807, 2.05) is 18.2 Å². The second-order valence-electron chi connectivity index (χ2n) is 7.66. The summed E-state index contributed by atoms with van der Waals surface area (Å²) in [5, 5.41) is 12.0. The van der Waals surface area contributed by atoms with Gasteiger partial charge in [0.25, 0.3) is 5.91 Å². The molecule has 0 saturated carbocycles. The molecule has 0 bridgehead atoms. The third kappa shape index (κ3) is 3.48. The molecule has 0 saturated heterocycles. The lowest BCUT2D eigenvalue weighted by atomic mass is 9.98. The monoisotopic (exact) mass is 465 g/mol. The van der Waals surface area contributed by atoms with E-state index in [0.717, 1.165) is 0 Å². The molecule has 1 amide bonds. The number of hydrogen-bond donors (Lipinski definition) is 1. The summed E-state index contributed by atoms with van der Waals surface area (Å²) in [5.41, 5.74) is 1.48. The lowest BCUT2D eigenvalue weighted by molar-refractivity contribution is 0.0583. The molecule has 32 heavy (non-hydrogen) atoms. The number of nitrogens with zero attached hydrogens (tertiary/aromatic N) is 1. The van der Waals surface area contributed by atoms with Crippen LogP contribution in [0.4, 0.5) is 0 Å². The van der Waals surface area contributed by atoms with E-state index in [-0.39, 0.29) is 28.9 Å². The van der Waals surface area contributed by atoms with Gasteiger partial charge in [-0.3, -0.25) is 9.59 Å². The van der Waals surface area contributed by atoms with E-state index in [1.54, 1.807) is 48.5 Å². The highest BCUT2D eigenvalue weighted by Crippen LogP contribution is 2.40. The number of β-amino-alcohol motifs (C(OH)–C–C–N with tert-alkyl or cyclic N) is 1. The third-order valence-corrected chi connectivity index (χ3v) is 6.12. The Morgan fingerprint density at radius 1 is 0.938 bits per heavy atom. The first kappa shape index (κ1) is 20.8. The molecular weight excluding hydrogens is 449 g/mol. The van der Waals surface area contributed by atoms with E-state index in [1.165, 1.54) is 11.0 Å². The van der Waals surface area contributed by atoms with Crippen molar-refractivity contribution in [1.82, 2.24) is 4.90 Å². The second-order valence-corrected chi connectivity index (χ2v) is 8.53. The SMILES string of the molecule is O=C1c2oc3ccc(Cl)cc3c(=O)c2[C@H](c2cccc(Cl)c2)N1C[C@H](O)c1ccccc1. The van der Waals surface area contributed by atoms with E-state index in [2.05, 4.69) is 0 Å². The van der Waals surface area contributed by atoms with E-state index < -0.39 is 18.1 Å². The molecule has 0 radical (unpaired) electrons. The van der Waals surface area contributed by atoms with Gasteiger partial charge in [0.1, 0.15) is 5.58 Å². The smallest absolute Gasteiger partial charge is 0.291 e. The van der Waals surface area contributed by atoms with Crippen molar-refractivity contribution in [2.75, 3.05) is 6.54 Å². The predicted octanol–water partition coefficient (Wildman–Crippen LogP) is 5.38. The molecule has 0 unspecified atom stereocenters. The molecular formula is C25H17Cl2NO4. The van der Waals surface area contributed by atoms with Crippen molar-refractivity contribution in [3.05, 3.63) is 116 Å². The van der Waals surface area contributed by atoms with Gasteiger partial charge < -0.3 is 14.4 Å². The summed E-state index contributed by atoms with van der Waals surface area (Å²) in [6.07, 6.45) is -0.949. The normalized spacial score (nSPS) is 16.4. The summed E-state index contributed by atoms with van der Waals surface area (Å²) in [7, 11) is 0. The number of halogens is 2. The van der Waals surface area contributed by atoms with Gasteiger partial charge in [-0.25, -0.2) is 0 Å². The summed E-state index contributed by atoms with van der Waals surface area (Å²) in [6, 6.07) is 20.0. The van der Waals surface area contributed by atoms with Crippen molar-refractivity contribution in [3.8, 4) is 0 Å². The van der Waals surface area contributed by atoms with Gasteiger partial charge in [0, 0.05) is 10.0 Å². The molecule has 2 heterocycles. The number of carbonyl (C=O) groups excluding carboxylic acids is 1. The number of aliphatic hydroxyl groups excluding tert-OH is 1. The van der Waals surface area contributed by atoms with Crippen molar-refractivity contribution in [2.45, 2.75) is 12.1 Å². The lowest BCUT2D eigenvalue weighted by Gasteiger charge is -2.27. The van der Waals surface area contributed by atoms with Crippen LogP contribution in [0.25, 0.3) is 11.0 Å². The second kappa shape index (κ2) is 8.10. The van der Waals surface area contributed by atoms with Crippen molar-refractivity contribution < 1.29 is 14.3 Å². The van der Waals surface area contributed by atoms with Crippen LogP contribution in [0.2, 0.25) is 10.0 Å². The van der Waals surface area contributed by atoms with Crippen LogP contribution in [0.1, 0.15) is 39.4 Å². The maximum Gasteiger partial charge on any atom is 0.291 e. The van der Waals surface area contributed by atoms with Gasteiger partial charge in [0.2, 0.25) is 5.76 Å². The van der Waals surface area contributed by atoms with Gasteiger partial charge in [-0.1, -0.05) is 65.7 Å². The van der Waals surface area contributed by atoms with E-state index in [4.69, 9.17) is 27.6 Å². The van der Waals surface area contributed by atoms with Crippen molar-refractivity contribution in [1.29, 1.82) is 0 Å². The highest BCUT2D eigenvalue weighted by molar-refractivity contribution is 6.31. The number of aliphatic hydroxyl groups is 1. The minimum atomic E-state index is -0.949. The van der Waals surface area contributed by atoms with Gasteiger partial charge in [-0.15, -0.1) is 0 Å². The number of fused-ring (bicyclic) bond motifs is 2. The fourth-order valence-electron chi connectivity index (χ4n) is 4.17. The Morgan fingerprint density at radius 3 is 2.44 bits per heavy atom. The summed E-state index contributed by atoms with van der Waals surface area (Å²) in [4.78, 5) is 28.4. The van der Waals surface area contributed by atoms with Crippen LogP contribution in [-0.2, 0) is 0 Å². The summed E-state index contributed by atoms with van der Waals surface area (Å²) < 4.78 is 5.89. The topological polar surface area (TPSA) is 70.8 Å². The van der Waals surface area contributed by atoms with Gasteiger partial charge in [0.15, 0.2) is 5.43 Å². The minimum absolute atomic E-state index is 0.0270. The van der Waals surface area contributed by atoms with Gasteiger partial charge >= 0.3 is 0 Å². The Balaban J connectivity index is 1.69. The zero-order valence-electron chi connectivity index (χ0n) is 16.7. The van der Waals surface area contributed by atoms with Crippen LogP contribution in [0.15, 0.2) is 82.0 Å². The summed E-state index contributed by atoms with van der Waals surface area (Å²) in [5.74, 6) is -0.496. The minimum Gasteiger partial charge on any atom is -0.450 e. The van der Waals surface area contributed by atoms with Crippen molar-refractivity contribution in [3.63, 3.8) is 0 Å². The summed E-state index contributed by atoms with van der Waals surface area (Å²) in [6.45, 7) is -0.0270. The molecule has 1 aromatic heterocycles. The zero-order chi connectivity index (χ0) is 22.4. The molecule has 1 aliphatic rings. The fourth-order valence-corrected chi connectivity index (χ4v) is 4.54. The largest absolute Gasteiger partial charge is 0.450 e. The average molecular weight is 466 g/mol. The maximum atomic E-state index is 13.5. The molecule has 4 aromatic rings. The quantitative estimate of drug-likeness (QED) is 0.439. The van der Waals surface area contributed by atoms with Crippen LogP contribution in [0.5, 0.6) is 0 Å². The first-order chi connectivity index (χ1) is 15.4. The molecule has 7 heteroatoms. The molecule has 0 fully saturated rings. The van der Waals surface area contributed by atoms with Crippen LogP contribution >= 0.6 is 23.2 Å². The standard InChI is InChI=1S/C25H17Cl2NO4/c26-16-8-4-7-15(11-16)22-21-23(30)18-12-17(27)9-10-20(18)32-24(21)25(31)28(22)13-19(29)14-5-2-1-3-6-14/h1-12,19,22,29H,13H2/t19-,22-/m0/s1. The first-order valence-corrected chi connectivity index (χ1v) is 10.8. The summed E-state index contributed by atoms with van der Waals surface area (Å²) >= 11 is 12.3. The Kier molecular flexibility index (Phi) is 5.25. The molecule has 1 aliphatic heterocycles. The fraction of sp³-hybridized carbons (Fsp3) is 0.120.